The zero-order chi connectivity index (χ0) is 19.2. The summed E-state index contributed by atoms with van der Waals surface area (Å²) in [6, 6.07) is 13.0. The Kier molecular flexibility index (Phi) is 6.16. The maximum Gasteiger partial charge on any atom is 0.272 e. The van der Waals surface area contributed by atoms with E-state index in [2.05, 4.69) is 14.9 Å². The molecule has 140 valence electrons. The largest absolute Gasteiger partial charge is 0.450 e. The van der Waals surface area contributed by atoms with Gasteiger partial charge in [0, 0.05) is 18.4 Å². The van der Waals surface area contributed by atoms with E-state index in [1.54, 1.807) is 23.9 Å². The minimum absolute atomic E-state index is 0.157. The standard InChI is InChI=1S/C20H21N3O3S/c1-23(2)10-11-27-18-9-8-15(26-18)13-17-20(25)21-16(19(24)22-17)12-14-6-4-3-5-7-14/h3-9,12-13H,10-11H2,1-2H3,(H,21,25)(H,22,24)/b16-12-,17-13-. The maximum atomic E-state index is 12.3. The lowest BCUT2D eigenvalue weighted by Crippen LogP contribution is -2.46. The maximum absolute atomic E-state index is 12.3. The highest BCUT2D eigenvalue weighted by Gasteiger charge is 2.03. The van der Waals surface area contributed by atoms with Crippen molar-refractivity contribution in [3.63, 3.8) is 0 Å². The molecular formula is C20H21N3O3S. The van der Waals surface area contributed by atoms with E-state index in [9.17, 15) is 9.59 Å². The van der Waals surface area contributed by atoms with Gasteiger partial charge in [0.15, 0.2) is 5.09 Å². The average molecular weight is 383 g/mol. The number of furan rings is 1. The van der Waals surface area contributed by atoms with Crippen molar-refractivity contribution in [1.82, 2.24) is 14.9 Å². The summed E-state index contributed by atoms with van der Waals surface area (Å²) in [7, 11) is 4.03. The van der Waals surface area contributed by atoms with E-state index in [-0.39, 0.29) is 21.8 Å². The first-order valence-electron chi connectivity index (χ1n) is 8.50. The van der Waals surface area contributed by atoms with Gasteiger partial charge in [-0.2, -0.15) is 0 Å². The molecule has 0 unspecified atom stereocenters. The van der Waals surface area contributed by atoms with Crippen LogP contribution in [0.15, 0.2) is 61.6 Å². The number of thioether (sulfide) groups is 1. The number of aromatic nitrogens is 2. The van der Waals surface area contributed by atoms with Crippen molar-refractivity contribution in [2.75, 3.05) is 26.4 Å². The number of nitrogens with zero attached hydrogens (tertiary/aromatic N) is 1. The first-order chi connectivity index (χ1) is 13.0. The molecule has 0 fully saturated rings. The van der Waals surface area contributed by atoms with Crippen LogP contribution in [0.5, 0.6) is 0 Å². The molecule has 1 aromatic carbocycles. The van der Waals surface area contributed by atoms with E-state index in [1.807, 2.05) is 50.5 Å². The molecule has 0 aliphatic rings. The van der Waals surface area contributed by atoms with E-state index in [0.29, 0.717) is 5.76 Å². The number of benzene rings is 1. The van der Waals surface area contributed by atoms with Crippen LogP contribution in [0, 0.1) is 0 Å². The van der Waals surface area contributed by atoms with Gasteiger partial charge < -0.3 is 19.3 Å². The molecule has 2 N–H and O–H groups in total. The molecular weight excluding hydrogens is 362 g/mol. The quantitative estimate of drug-likeness (QED) is 0.620. The van der Waals surface area contributed by atoms with E-state index in [4.69, 9.17) is 4.42 Å². The minimum Gasteiger partial charge on any atom is -0.450 e. The fraction of sp³-hybridized carbons (Fsp3) is 0.200. The monoisotopic (exact) mass is 383 g/mol. The van der Waals surface area contributed by atoms with E-state index >= 15 is 0 Å². The number of hydrogen-bond acceptors (Lipinski definition) is 5. The summed E-state index contributed by atoms with van der Waals surface area (Å²) in [4.78, 5) is 31.9. The van der Waals surface area contributed by atoms with Gasteiger partial charge in [0.1, 0.15) is 16.5 Å². The Morgan fingerprint density at radius 1 is 0.963 bits per heavy atom. The lowest BCUT2D eigenvalue weighted by atomic mass is 10.2. The molecule has 0 saturated heterocycles. The average Bonchev–Trinajstić information content (AvgIpc) is 3.07. The number of aromatic amines is 2. The molecule has 0 amide bonds. The Balaban J connectivity index is 1.87. The normalized spacial score (nSPS) is 12.9. The lowest BCUT2D eigenvalue weighted by Gasteiger charge is -2.06. The second kappa shape index (κ2) is 8.75. The predicted molar refractivity (Wildman–Crippen MR) is 108 cm³/mol. The molecule has 0 aliphatic heterocycles. The van der Waals surface area contributed by atoms with Gasteiger partial charge in [-0.25, -0.2) is 0 Å². The zero-order valence-corrected chi connectivity index (χ0v) is 16.0. The lowest BCUT2D eigenvalue weighted by molar-refractivity contribution is 0.434. The molecule has 7 heteroatoms. The van der Waals surface area contributed by atoms with Crippen molar-refractivity contribution in [2.24, 2.45) is 0 Å². The van der Waals surface area contributed by atoms with Crippen molar-refractivity contribution in [1.29, 1.82) is 0 Å². The van der Waals surface area contributed by atoms with Crippen LogP contribution in [0.3, 0.4) is 0 Å². The molecule has 27 heavy (non-hydrogen) atoms. The molecule has 0 bridgehead atoms. The summed E-state index contributed by atoms with van der Waals surface area (Å²) in [6.07, 6.45) is 3.17. The topological polar surface area (TPSA) is 82.1 Å². The molecule has 3 rings (SSSR count). The first-order valence-corrected chi connectivity index (χ1v) is 9.48. The van der Waals surface area contributed by atoms with Crippen molar-refractivity contribution >= 4 is 23.9 Å². The number of hydrogen-bond donors (Lipinski definition) is 2. The summed E-state index contributed by atoms with van der Waals surface area (Å²) in [5.41, 5.74) is 0.0904. The van der Waals surface area contributed by atoms with Gasteiger partial charge in [0.05, 0.1) is 0 Å². The van der Waals surface area contributed by atoms with Crippen LogP contribution in [0.4, 0.5) is 0 Å². The van der Waals surface area contributed by atoms with Gasteiger partial charge in [-0.1, -0.05) is 42.1 Å². The Morgan fingerprint density at radius 2 is 1.63 bits per heavy atom. The summed E-state index contributed by atoms with van der Waals surface area (Å²) in [5.74, 6) is 1.42. The third-order valence-corrected chi connectivity index (χ3v) is 4.66. The summed E-state index contributed by atoms with van der Waals surface area (Å²) >= 11 is 1.60. The van der Waals surface area contributed by atoms with Gasteiger partial charge in [0.25, 0.3) is 11.1 Å². The Morgan fingerprint density at radius 3 is 2.30 bits per heavy atom. The fourth-order valence-electron chi connectivity index (χ4n) is 2.37. The first kappa shape index (κ1) is 19.0. The molecule has 3 aromatic rings. The van der Waals surface area contributed by atoms with E-state index in [1.165, 1.54) is 6.08 Å². The Labute approximate surface area is 160 Å². The van der Waals surface area contributed by atoms with Gasteiger partial charge in [-0.05, 0) is 37.9 Å². The van der Waals surface area contributed by atoms with Crippen molar-refractivity contribution in [3.05, 3.63) is 85.2 Å². The van der Waals surface area contributed by atoms with Crippen LogP contribution in [0.1, 0.15) is 11.3 Å². The minimum atomic E-state index is -0.380. The van der Waals surface area contributed by atoms with E-state index in [0.717, 1.165) is 23.0 Å². The van der Waals surface area contributed by atoms with Crippen LogP contribution in [-0.2, 0) is 0 Å². The number of H-pyrrole nitrogens is 2. The predicted octanol–water partition coefficient (Wildman–Crippen LogP) is 0.967. The fourth-order valence-corrected chi connectivity index (χ4v) is 3.35. The number of rotatable bonds is 6. The highest BCUT2D eigenvalue weighted by atomic mass is 32.2. The molecule has 0 aliphatic carbocycles. The molecule has 0 radical (unpaired) electrons. The highest BCUT2D eigenvalue weighted by molar-refractivity contribution is 7.99. The molecule has 6 nitrogen and oxygen atoms in total. The van der Waals surface area contributed by atoms with Crippen LogP contribution in [0.2, 0.25) is 0 Å². The van der Waals surface area contributed by atoms with Crippen LogP contribution in [-0.4, -0.2) is 41.3 Å². The number of nitrogens with one attached hydrogen (secondary N) is 2. The third kappa shape index (κ3) is 5.35. The van der Waals surface area contributed by atoms with Crippen LogP contribution >= 0.6 is 11.8 Å². The summed E-state index contributed by atoms with van der Waals surface area (Å²) in [6.45, 7) is 0.941. The second-order valence-corrected chi connectivity index (χ2v) is 7.34. The van der Waals surface area contributed by atoms with Crippen molar-refractivity contribution in [2.45, 2.75) is 5.09 Å². The van der Waals surface area contributed by atoms with E-state index < -0.39 is 0 Å². The summed E-state index contributed by atoms with van der Waals surface area (Å²) in [5, 5.41) is 1.14. The SMILES string of the molecule is CN(C)CCSc1ccc(/C=c2\[nH]c(=O)/c(=C/c3ccccc3)[nH]c2=O)o1. The molecule has 2 heterocycles. The third-order valence-electron chi connectivity index (χ3n) is 3.77. The zero-order valence-electron chi connectivity index (χ0n) is 15.2. The van der Waals surface area contributed by atoms with Gasteiger partial charge in [-0.3, -0.25) is 9.59 Å². The smallest absolute Gasteiger partial charge is 0.272 e. The highest BCUT2D eigenvalue weighted by Crippen LogP contribution is 2.20. The summed E-state index contributed by atoms with van der Waals surface area (Å²) < 4.78 is 5.70. The van der Waals surface area contributed by atoms with Gasteiger partial charge >= 0.3 is 0 Å². The Bertz CT molecular complexity index is 1130. The second-order valence-electron chi connectivity index (χ2n) is 6.24. The molecule has 2 aromatic heterocycles. The molecule has 0 saturated carbocycles. The molecule has 0 spiro atoms. The van der Waals surface area contributed by atoms with Gasteiger partial charge in [0.2, 0.25) is 0 Å². The van der Waals surface area contributed by atoms with Crippen LogP contribution < -0.4 is 21.8 Å². The van der Waals surface area contributed by atoms with Crippen molar-refractivity contribution < 1.29 is 4.42 Å². The van der Waals surface area contributed by atoms with Crippen LogP contribution in [0.25, 0.3) is 12.2 Å². The van der Waals surface area contributed by atoms with Crippen molar-refractivity contribution in [3.8, 4) is 0 Å². The Hall–Kier alpha value is -2.77. The van der Waals surface area contributed by atoms with Gasteiger partial charge in [-0.15, -0.1) is 0 Å². The molecule has 0 atom stereocenters.